The van der Waals surface area contributed by atoms with Gasteiger partial charge in [-0.2, -0.15) is 0 Å². The summed E-state index contributed by atoms with van der Waals surface area (Å²) in [4.78, 5) is 52.6. The molecule has 11 unspecified atom stereocenters. The van der Waals surface area contributed by atoms with Gasteiger partial charge in [0.1, 0.15) is 72.3 Å². The number of nitrogens with two attached hydrogens (primary N) is 1. The van der Waals surface area contributed by atoms with Gasteiger partial charge in [0.15, 0.2) is 24.1 Å². The first-order valence-corrected chi connectivity index (χ1v) is 17.9. The van der Waals surface area contributed by atoms with Crippen LogP contribution in [0.3, 0.4) is 0 Å². The van der Waals surface area contributed by atoms with E-state index in [1.54, 1.807) is 0 Å². The Kier molecular flexibility index (Phi) is 10.7. The summed E-state index contributed by atoms with van der Waals surface area (Å²) in [6, 6.07) is 3.51. The molecule has 0 spiro atoms. The van der Waals surface area contributed by atoms with Crippen LogP contribution in [0.25, 0.3) is 11.1 Å². The van der Waals surface area contributed by atoms with E-state index in [4.69, 9.17) is 29.4 Å². The number of aliphatic hydroxyl groups excluding tert-OH is 5. The number of nitrogens with one attached hydrogen (secondary N) is 1. The Morgan fingerprint density at radius 3 is 2.17 bits per heavy atom. The third-order valence-electron chi connectivity index (χ3n) is 10.8. The van der Waals surface area contributed by atoms with Gasteiger partial charge in [0, 0.05) is 28.3 Å². The number of hydrogen-bond acceptors (Lipinski definition) is 18. The lowest BCUT2D eigenvalue weighted by Gasteiger charge is -2.46. The number of phenols is 3. The van der Waals surface area contributed by atoms with E-state index in [9.17, 15) is 65.1 Å². The number of methoxy groups -OCH3 is 1. The summed E-state index contributed by atoms with van der Waals surface area (Å²) in [5.74, 6) is -6.69. The number of aliphatic hydroxyl groups is 5. The standard InChI is InChI=1S/C38H40N2O18/c1-10-4-16-23(30(49)20(10)36(53)40-8-19(43)44)22-14(7-15-24(31(22)50)27(46)13-5-12(54-3)6-17(41)21(13)26(15)45)28(47)34(16)57-38-33(52)35(25(39)11(2)56-38)58-37-32(51)29(48)18(42)9-55-37/h4-7,11,18,25,28-29,32-35,37-38,41-42,47-52H,8-9,39H2,1-3H3,(H,40,53)(H,43,44). The summed E-state index contributed by atoms with van der Waals surface area (Å²) in [6.07, 6.45) is -16.0. The van der Waals surface area contributed by atoms with Gasteiger partial charge in [-0.1, -0.05) is 6.07 Å². The van der Waals surface area contributed by atoms with Crippen molar-refractivity contribution in [2.24, 2.45) is 5.73 Å². The van der Waals surface area contributed by atoms with Crippen molar-refractivity contribution in [1.29, 1.82) is 0 Å². The molecule has 4 aliphatic rings. The Labute approximate surface area is 327 Å². The van der Waals surface area contributed by atoms with E-state index in [-0.39, 0.29) is 33.6 Å². The maximum absolute atomic E-state index is 14.0. The van der Waals surface area contributed by atoms with Crippen LogP contribution in [0, 0.1) is 6.92 Å². The summed E-state index contributed by atoms with van der Waals surface area (Å²) in [7, 11) is 1.26. The number of aromatic hydroxyl groups is 3. The molecule has 0 aromatic heterocycles. The van der Waals surface area contributed by atoms with Crippen molar-refractivity contribution in [3.05, 3.63) is 68.8 Å². The number of ketones is 2. The number of amides is 1. The zero-order valence-electron chi connectivity index (χ0n) is 30.9. The van der Waals surface area contributed by atoms with Gasteiger partial charge in [-0.3, -0.25) is 19.2 Å². The lowest BCUT2D eigenvalue weighted by molar-refractivity contribution is -0.337. The highest BCUT2D eigenvalue weighted by atomic mass is 16.7. The van der Waals surface area contributed by atoms with Crippen molar-refractivity contribution in [2.45, 2.75) is 81.3 Å². The molecule has 310 valence electrons. The quantitative estimate of drug-likeness (QED) is 0.0989. The Morgan fingerprint density at radius 2 is 1.50 bits per heavy atom. The Hall–Kier alpha value is -5.26. The number of carbonyl (C=O) groups is 4. The lowest BCUT2D eigenvalue weighted by Crippen LogP contribution is -2.64. The van der Waals surface area contributed by atoms with E-state index >= 15 is 0 Å². The van der Waals surface area contributed by atoms with Gasteiger partial charge < -0.3 is 80.7 Å². The summed E-state index contributed by atoms with van der Waals surface area (Å²) in [5, 5.41) is 100. The molecule has 3 aromatic rings. The van der Waals surface area contributed by atoms with Crippen molar-refractivity contribution >= 4 is 23.4 Å². The normalized spacial score (nSPS) is 30.1. The molecule has 1 amide bonds. The molecular weight excluding hydrogens is 772 g/mol. The summed E-state index contributed by atoms with van der Waals surface area (Å²) >= 11 is 0. The zero-order valence-corrected chi connectivity index (χ0v) is 30.9. The maximum atomic E-state index is 14.0. The van der Waals surface area contributed by atoms with Crippen molar-refractivity contribution < 1.29 is 88.8 Å². The van der Waals surface area contributed by atoms with E-state index in [2.05, 4.69) is 5.32 Å². The minimum Gasteiger partial charge on any atom is -0.507 e. The van der Waals surface area contributed by atoms with Gasteiger partial charge in [0.25, 0.3) is 5.91 Å². The molecule has 7 rings (SSSR count). The first-order chi connectivity index (χ1) is 27.4. The summed E-state index contributed by atoms with van der Waals surface area (Å²) in [5.41, 5.74) is 2.85. The molecule has 2 fully saturated rings. The fourth-order valence-corrected chi connectivity index (χ4v) is 7.84. The second-order valence-electron chi connectivity index (χ2n) is 14.4. The average molecular weight is 813 g/mol. The first-order valence-electron chi connectivity index (χ1n) is 17.9. The second-order valence-corrected chi connectivity index (χ2v) is 14.4. The van der Waals surface area contributed by atoms with Crippen molar-refractivity contribution in [3.8, 4) is 34.1 Å². The largest absolute Gasteiger partial charge is 0.507 e. The molecule has 58 heavy (non-hydrogen) atoms. The van der Waals surface area contributed by atoms with Crippen LogP contribution >= 0.6 is 0 Å². The van der Waals surface area contributed by atoms with E-state index in [1.807, 2.05) is 0 Å². The zero-order chi connectivity index (χ0) is 42.2. The predicted molar refractivity (Wildman–Crippen MR) is 191 cm³/mol. The molecule has 2 saturated heterocycles. The van der Waals surface area contributed by atoms with Gasteiger partial charge in [0.05, 0.1) is 42.6 Å². The van der Waals surface area contributed by atoms with E-state index in [0.29, 0.717) is 0 Å². The monoisotopic (exact) mass is 812 g/mol. The fraction of sp³-hybridized carbons (Fsp3) is 0.421. The SMILES string of the molecule is COc1cc(O)c2c(c1)C(=O)c1c(cc3c(c1O)-c1c(cc(C)c(C(=O)NCC(=O)O)c1O)C(OC1OC(C)C(N)C(OC4OCC(O)C(O)C4O)C1O)C3O)C2=O. The number of hydrogen-bond donors (Lipinski definition) is 11. The molecule has 3 aromatic carbocycles. The van der Waals surface area contributed by atoms with Crippen molar-refractivity contribution in [3.63, 3.8) is 0 Å². The Balaban J connectivity index is 1.36. The number of carboxylic acids is 1. The van der Waals surface area contributed by atoms with E-state index in [0.717, 1.165) is 12.1 Å². The minimum absolute atomic E-state index is 0.0121. The predicted octanol–water partition coefficient (Wildman–Crippen LogP) is -1.26. The minimum atomic E-state index is -1.90. The number of aliphatic carboxylic acids is 1. The number of phenolic OH excluding ortho intramolecular Hbond substituents is 3. The van der Waals surface area contributed by atoms with Crippen LogP contribution in [-0.2, 0) is 23.7 Å². The van der Waals surface area contributed by atoms with Gasteiger partial charge in [-0.15, -0.1) is 0 Å². The molecule has 2 aliphatic carbocycles. The highest BCUT2D eigenvalue weighted by molar-refractivity contribution is 6.31. The van der Waals surface area contributed by atoms with Crippen LogP contribution in [0.4, 0.5) is 0 Å². The van der Waals surface area contributed by atoms with Crippen LogP contribution in [0.15, 0.2) is 24.3 Å². The summed E-state index contributed by atoms with van der Waals surface area (Å²) in [6.45, 7) is 1.59. The third kappa shape index (κ3) is 6.52. The highest BCUT2D eigenvalue weighted by Crippen LogP contribution is 2.57. The molecule has 0 bridgehead atoms. The fourth-order valence-electron chi connectivity index (χ4n) is 7.84. The molecule has 2 heterocycles. The Bertz CT molecular complexity index is 2230. The first kappa shape index (κ1) is 40.9. The molecule has 0 radical (unpaired) electrons. The number of carbonyl (C=O) groups excluding carboxylic acids is 3. The number of aryl methyl sites for hydroxylation is 1. The van der Waals surface area contributed by atoms with Gasteiger partial charge in [0.2, 0.25) is 0 Å². The van der Waals surface area contributed by atoms with Crippen LogP contribution in [0.5, 0.6) is 23.0 Å². The topological polar surface area (TPSA) is 335 Å². The molecular formula is C38H40N2O18. The van der Waals surface area contributed by atoms with Crippen LogP contribution in [0.2, 0.25) is 0 Å². The van der Waals surface area contributed by atoms with Crippen LogP contribution in [-0.4, -0.2) is 145 Å². The number of benzene rings is 3. The number of ether oxygens (including phenoxy) is 5. The van der Waals surface area contributed by atoms with Gasteiger partial charge >= 0.3 is 5.97 Å². The lowest BCUT2D eigenvalue weighted by atomic mass is 9.74. The smallest absolute Gasteiger partial charge is 0.322 e. The average Bonchev–Trinajstić information content (AvgIpc) is 3.17. The number of rotatable bonds is 8. The highest BCUT2D eigenvalue weighted by Gasteiger charge is 2.50. The number of carboxylic acid groups (broad SMARTS) is 1. The molecule has 12 N–H and O–H groups in total. The molecule has 20 nitrogen and oxygen atoms in total. The number of fused-ring (bicyclic) bond motifs is 5. The second kappa shape index (κ2) is 15.2. The maximum Gasteiger partial charge on any atom is 0.322 e. The van der Waals surface area contributed by atoms with Crippen molar-refractivity contribution in [2.75, 3.05) is 20.3 Å². The van der Waals surface area contributed by atoms with Crippen LogP contribution < -0.4 is 15.8 Å². The molecule has 0 saturated carbocycles. The van der Waals surface area contributed by atoms with Crippen LogP contribution in [0.1, 0.15) is 78.0 Å². The van der Waals surface area contributed by atoms with Gasteiger partial charge in [-0.05, 0) is 42.7 Å². The van der Waals surface area contributed by atoms with Crippen molar-refractivity contribution in [1.82, 2.24) is 5.32 Å². The molecule has 11 atom stereocenters. The van der Waals surface area contributed by atoms with E-state index < -0.39 is 149 Å². The third-order valence-corrected chi connectivity index (χ3v) is 10.8. The van der Waals surface area contributed by atoms with E-state index in [1.165, 1.54) is 33.1 Å². The Morgan fingerprint density at radius 1 is 0.845 bits per heavy atom. The molecule has 20 heteroatoms. The van der Waals surface area contributed by atoms with Gasteiger partial charge in [-0.25, -0.2) is 0 Å². The summed E-state index contributed by atoms with van der Waals surface area (Å²) < 4.78 is 28.4. The molecule has 2 aliphatic heterocycles.